The molecule has 0 radical (unpaired) electrons. The highest BCUT2D eigenvalue weighted by Crippen LogP contribution is 2.09. The van der Waals surface area contributed by atoms with Gasteiger partial charge in [-0.3, -0.25) is 0 Å². The molecule has 0 spiro atoms. The monoisotopic (exact) mass is 265 g/mol. The third-order valence-corrected chi connectivity index (χ3v) is 2.72. The van der Waals surface area contributed by atoms with E-state index >= 15 is 0 Å². The van der Waals surface area contributed by atoms with Gasteiger partial charge in [0.05, 0.1) is 4.99 Å². The lowest BCUT2D eigenvalue weighted by molar-refractivity contribution is 0.248. The maximum absolute atomic E-state index is 11.8. The standard InChI is InChI=1S/C13H19N3OS/c1-3-10(8-12(14)18)15-13(17)16-11-6-4-5-9(2)7-11/h4-7,10H,3,8H2,1-2H3,(H2,14,18)(H2,15,16,17). The van der Waals surface area contributed by atoms with Gasteiger partial charge in [-0.25, -0.2) is 4.79 Å². The van der Waals surface area contributed by atoms with E-state index in [2.05, 4.69) is 10.6 Å². The second-order valence-corrected chi connectivity index (χ2v) is 4.77. The molecule has 0 aromatic heterocycles. The van der Waals surface area contributed by atoms with Crippen molar-refractivity contribution in [2.45, 2.75) is 32.7 Å². The molecule has 4 N–H and O–H groups in total. The first-order valence-electron chi connectivity index (χ1n) is 5.93. The number of carbonyl (C=O) groups is 1. The van der Waals surface area contributed by atoms with Crippen molar-refractivity contribution in [3.63, 3.8) is 0 Å². The summed E-state index contributed by atoms with van der Waals surface area (Å²) >= 11 is 4.84. The number of anilines is 1. The highest BCUT2D eigenvalue weighted by molar-refractivity contribution is 7.80. The van der Waals surface area contributed by atoms with Crippen molar-refractivity contribution in [3.05, 3.63) is 29.8 Å². The summed E-state index contributed by atoms with van der Waals surface area (Å²) < 4.78 is 0. The maximum Gasteiger partial charge on any atom is 0.319 e. The predicted molar refractivity (Wildman–Crippen MR) is 78.8 cm³/mol. The quantitative estimate of drug-likeness (QED) is 0.717. The molecule has 0 bridgehead atoms. The van der Waals surface area contributed by atoms with Gasteiger partial charge in [-0.05, 0) is 31.0 Å². The molecule has 0 fully saturated rings. The molecule has 0 saturated heterocycles. The van der Waals surface area contributed by atoms with Crippen LogP contribution in [-0.2, 0) is 0 Å². The molecule has 0 heterocycles. The number of aryl methyl sites for hydroxylation is 1. The van der Waals surface area contributed by atoms with Crippen LogP contribution in [0.25, 0.3) is 0 Å². The zero-order valence-corrected chi connectivity index (χ0v) is 11.5. The van der Waals surface area contributed by atoms with Crippen LogP contribution in [0, 0.1) is 6.92 Å². The average Bonchev–Trinajstić information content (AvgIpc) is 2.27. The van der Waals surface area contributed by atoms with Crippen LogP contribution < -0.4 is 16.4 Å². The number of hydrogen-bond donors (Lipinski definition) is 3. The highest BCUT2D eigenvalue weighted by Gasteiger charge is 2.11. The fraction of sp³-hybridized carbons (Fsp3) is 0.385. The number of amides is 2. The first-order chi connectivity index (χ1) is 8.51. The van der Waals surface area contributed by atoms with Gasteiger partial charge in [-0.15, -0.1) is 0 Å². The Labute approximate surface area is 113 Å². The van der Waals surface area contributed by atoms with Gasteiger partial charge in [0, 0.05) is 18.2 Å². The molecule has 0 saturated carbocycles. The van der Waals surface area contributed by atoms with Crippen LogP contribution in [0.2, 0.25) is 0 Å². The number of nitrogens with two attached hydrogens (primary N) is 1. The fourth-order valence-electron chi connectivity index (χ4n) is 1.62. The molecule has 2 amide bonds. The Hall–Kier alpha value is -1.62. The fourth-order valence-corrected chi connectivity index (χ4v) is 1.82. The third kappa shape index (κ3) is 5.14. The smallest absolute Gasteiger partial charge is 0.319 e. The van der Waals surface area contributed by atoms with E-state index in [0.717, 1.165) is 17.7 Å². The number of carbonyl (C=O) groups excluding carboxylic acids is 1. The molecular formula is C13H19N3OS. The Balaban J connectivity index is 2.52. The van der Waals surface area contributed by atoms with Gasteiger partial charge in [-0.2, -0.15) is 0 Å². The molecule has 98 valence electrons. The van der Waals surface area contributed by atoms with E-state index in [1.54, 1.807) is 0 Å². The summed E-state index contributed by atoms with van der Waals surface area (Å²) in [5.74, 6) is 0. The lowest BCUT2D eigenvalue weighted by Gasteiger charge is -2.16. The predicted octanol–water partition coefficient (Wildman–Crippen LogP) is 2.57. The van der Waals surface area contributed by atoms with Crippen molar-refractivity contribution in [3.8, 4) is 0 Å². The van der Waals surface area contributed by atoms with Crippen molar-refractivity contribution < 1.29 is 4.79 Å². The maximum atomic E-state index is 11.8. The van der Waals surface area contributed by atoms with E-state index in [1.807, 2.05) is 38.1 Å². The lowest BCUT2D eigenvalue weighted by atomic mass is 10.1. The van der Waals surface area contributed by atoms with Crippen LogP contribution in [0.15, 0.2) is 24.3 Å². The Morgan fingerprint density at radius 3 is 2.78 bits per heavy atom. The number of urea groups is 1. The van der Waals surface area contributed by atoms with Crippen molar-refractivity contribution >= 4 is 28.9 Å². The Bertz CT molecular complexity index is 434. The zero-order chi connectivity index (χ0) is 13.5. The van der Waals surface area contributed by atoms with Gasteiger partial charge in [0.2, 0.25) is 0 Å². The second-order valence-electron chi connectivity index (χ2n) is 4.24. The van der Waals surface area contributed by atoms with E-state index in [-0.39, 0.29) is 12.1 Å². The van der Waals surface area contributed by atoms with E-state index < -0.39 is 0 Å². The van der Waals surface area contributed by atoms with E-state index in [4.69, 9.17) is 18.0 Å². The highest BCUT2D eigenvalue weighted by atomic mass is 32.1. The van der Waals surface area contributed by atoms with Crippen molar-refractivity contribution in [1.29, 1.82) is 0 Å². The molecule has 1 unspecified atom stereocenters. The number of rotatable bonds is 5. The molecular weight excluding hydrogens is 246 g/mol. The molecule has 1 atom stereocenters. The Kier molecular flexibility index (Phi) is 5.58. The molecule has 1 aromatic rings. The molecule has 18 heavy (non-hydrogen) atoms. The van der Waals surface area contributed by atoms with E-state index in [1.165, 1.54) is 0 Å². The van der Waals surface area contributed by atoms with Crippen molar-refractivity contribution in [2.75, 3.05) is 5.32 Å². The molecule has 0 aliphatic heterocycles. The topological polar surface area (TPSA) is 67.1 Å². The summed E-state index contributed by atoms with van der Waals surface area (Å²) in [6.07, 6.45) is 1.31. The largest absolute Gasteiger partial charge is 0.393 e. The summed E-state index contributed by atoms with van der Waals surface area (Å²) in [5, 5.41) is 5.64. The van der Waals surface area contributed by atoms with Crippen molar-refractivity contribution in [2.24, 2.45) is 5.73 Å². The van der Waals surface area contributed by atoms with Gasteiger partial charge in [0.25, 0.3) is 0 Å². The summed E-state index contributed by atoms with van der Waals surface area (Å²) in [5.41, 5.74) is 7.35. The first-order valence-corrected chi connectivity index (χ1v) is 6.34. The van der Waals surface area contributed by atoms with Gasteiger partial charge in [0.1, 0.15) is 0 Å². The summed E-state index contributed by atoms with van der Waals surface area (Å²) in [6.45, 7) is 3.96. The van der Waals surface area contributed by atoms with Crippen LogP contribution in [0.5, 0.6) is 0 Å². The van der Waals surface area contributed by atoms with E-state index in [9.17, 15) is 4.79 Å². The van der Waals surface area contributed by atoms with Gasteiger partial charge in [0.15, 0.2) is 0 Å². The van der Waals surface area contributed by atoms with Crippen LogP contribution >= 0.6 is 12.2 Å². The summed E-state index contributed by atoms with van der Waals surface area (Å²) in [6, 6.07) is 7.38. The molecule has 4 nitrogen and oxygen atoms in total. The molecule has 1 aromatic carbocycles. The minimum Gasteiger partial charge on any atom is -0.393 e. The Morgan fingerprint density at radius 1 is 1.50 bits per heavy atom. The van der Waals surface area contributed by atoms with Gasteiger partial charge < -0.3 is 16.4 Å². The molecule has 1 rings (SSSR count). The van der Waals surface area contributed by atoms with Crippen LogP contribution in [0.4, 0.5) is 10.5 Å². The van der Waals surface area contributed by atoms with Crippen molar-refractivity contribution in [1.82, 2.24) is 5.32 Å². The minimum atomic E-state index is -0.233. The molecule has 0 aliphatic carbocycles. The third-order valence-electron chi connectivity index (χ3n) is 2.55. The normalized spacial score (nSPS) is 11.7. The SMILES string of the molecule is CCC(CC(N)=S)NC(=O)Nc1cccc(C)c1. The average molecular weight is 265 g/mol. The number of thiocarbonyl (C=S) groups is 1. The van der Waals surface area contributed by atoms with E-state index in [0.29, 0.717) is 11.4 Å². The number of hydrogen-bond acceptors (Lipinski definition) is 2. The Morgan fingerprint density at radius 2 is 2.22 bits per heavy atom. The molecule has 5 heteroatoms. The van der Waals surface area contributed by atoms with Crippen LogP contribution in [-0.4, -0.2) is 17.1 Å². The zero-order valence-electron chi connectivity index (χ0n) is 10.7. The molecule has 0 aliphatic rings. The van der Waals surface area contributed by atoms with Gasteiger partial charge in [-0.1, -0.05) is 31.3 Å². The van der Waals surface area contributed by atoms with Gasteiger partial charge >= 0.3 is 6.03 Å². The van der Waals surface area contributed by atoms with Crippen LogP contribution in [0.1, 0.15) is 25.3 Å². The second kappa shape index (κ2) is 6.96. The number of nitrogens with one attached hydrogen (secondary N) is 2. The lowest BCUT2D eigenvalue weighted by Crippen LogP contribution is -2.39. The summed E-state index contributed by atoms with van der Waals surface area (Å²) in [7, 11) is 0. The number of benzene rings is 1. The summed E-state index contributed by atoms with van der Waals surface area (Å²) in [4.78, 5) is 12.2. The van der Waals surface area contributed by atoms with Crippen LogP contribution in [0.3, 0.4) is 0 Å². The minimum absolute atomic E-state index is 0.0210. The first kappa shape index (κ1) is 14.4.